The molecule has 2 heteroatoms. The van der Waals surface area contributed by atoms with Crippen LogP contribution in [0.3, 0.4) is 0 Å². The average molecular weight is 247 g/mol. The van der Waals surface area contributed by atoms with E-state index in [1.807, 2.05) is 12.1 Å². The summed E-state index contributed by atoms with van der Waals surface area (Å²) < 4.78 is 0. The van der Waals surface area contributed by atoms with E-state index in [9.17, 15) is 5.11 Å². The van der Waals surface area contributed by atoms with Gasteiger partial charge in [-0.25, -0.2) is 0 Å². The van der Waals surface area contributed by atoms with Gasteiger partial charge >= 0.3 is 0 Å². The quantitative estimate of drug-likeness (QED) is 0.750. The zero-order chi connectivity index (χ0) is 12.8. The molecule has 2 nitrogen and oxygen atoms in total. The van der Waals surface area contributed by atoms with Crippen molar-refractivity contribution in [3.8, 4) is 0 Å². The third kappa shape index (κ3) is 3.81. The summed E-state index contributed by atoms with van der Waals surface area (Å²) in [4.78, 5) is 4.62. The zero-order valence-corrected chi connectivity index (χ0v) is 11.4. The lowest BCUT2D eigenvalue weighted by atomic mass is 9.95. The van der Waals surface area contributed by atoms with Gasteiger partial charge in [-0.05, 0) is 37.3 Å². The number of aromatic nitrogens is 1. The molecule has 18 heavy (non-hydrogen) atoms. The fourth-order valence-electron chi connectivity index (χ4n) is 2.73. The van der Waals surface area contributed by atoms with Crippen molar-refractivity contribution >= 4 is 0 Å². The molecule has 0 saturated heterocycles. The van der Waals surface area contributed by atoms with Crippen LogP contribution in [-0.2, 0) is 6.42 Å². The molecule has 0 spiro atoms. The molecule has 1 aromatic heterocycles. The molecule has 0 amide bonds. The fraction of sp³-hybridized carbons (Fsp3) is 0.688. The lowest BCUT2D eigenvalue weighted by molar-refractivity contribution is 0.107. The van der Waals surface area contributed by atoms with Crippen molar-refractivity contribution < 1.29 is 5.11 Å². The molecule has 2 heterocycles. The van der Waals surface area contributed by atoms with Gasteiger partial charge in [0.1, 0.15) is 0 Å². The van der Waals surface area contributed by atoms with E-state index in [4.69, 9.17) is 0 Å². The van der Waals surface area contributed by atoms with Crippen molar-refractivity contribution in [2.75, 3.05) is 0 Å². The number of pyridine rings is 1. The number of rotatable bonds is 0. The highest BCUT2D eigenvalue weighted by molar-refractivity contribution is 5.14. The van der Waals surface area contributed by atoms with Gasteiger partial charge < -0.3 is 5.11 Å². The van der Waals surface area contributed by atoms with Crippen molar-refractivity contribution in [2.45, 2.75) is 64.4 Å². The third-order valence-electron chi connectivity index (χ3n) is 4.01. The van der Waals surface area contributed by atoms with E-state index in [2.05, 4.69) is 18.0 Å². The van der Waals surface area contributed by atoms with Gasteiger partial charge in [0, 0.05) is 5.69 Å². The maximum absolute atomic E-state index is 10.3. The first-order chi connectivity index (χ1) is 8.77. The summed E-state index contributed by atoms with van der Waals surface area (Å²) in [6, 6.07) is 6.08. The number of fused-ring (bicyclic) bond motifs is 2. The first-order valence-corrected chi connectivity index (χ1v) is 7.41. The fourth-order valence-corrected chi connectivity index (χ4v) is 2.73. The van der Waals surface area contributed by atoms with E-state index in [-0.39, 0.29) is 0 Å². The maximum atomic E-state index is 10.3. The van der Waals surface area contributed by atoms with Crippen LogP contribution in [0.15, 0.2) is 18.2 Å². The third-order valence-corrected chi connectivity index (χ3v) is 4.01. The maximum Gasteiger partial charge on any atom is 0.0985 e. The van der Waals surface area contributed by atoms with Crippen LogP contribution in [0, 0.1) is 5.92 Å². The Hall–Kier alpha value is -0.890. The number of hydrogen-bond donors (Lipinski definition) is 1. The Labute approximate surface area is 110 Å². The highest BCUT2D eigenvalue weighted by Crippen LogP contribution is 2.26. The summed E-state index contributed by atoms with van der Waals surface area (Å²) >= 11 is 0. The molecule has 2 atom stereocenters. The van der Waals surface area contributed by atoms with Gasteiger partial charge in [-0.3, -0.25) is 4.98 Å². The first-order valence-electron chi connectivity index (χ1n) is 7.41. The van der Waals surface area contributed by atoms with E-state index < -0.39 is 6.10 Å². The second kappa shape index (κ2) is 6.89. The van der Waals surface area contributed by atoms with E-state index in [0.717, 1.165) is 24.2 Å². The van der Waals surface area contributed by atoms with E-state index in [1.54, 1.807) is 0 Å². The molecule has 1 aromatic rings. The molecule has 2 bridgehead atoms. The number of hydrogen-bond acceptors (Lipinski definition) is 2. The minimum Gasteiger partial charge on any atom is -0.387 e. The van der Waals surface area contributed by atoms with Gasteiger partial charge in [-0.1, -0.05) is 45.1 Å². The average Bonchev–Trinajstić information content (AvgIpc) is 2.40. The molecular weight excluding hydrogens is 222 g/mol. The minimum absolute atomic E-state index is 0.313. The number of aryl methyl sites for hydroxylation is 1. The van der Waals surface area contributed by atoms with Crippen molar-refractivity contribution in [2.24, 2.45) is 5.92 Å². The van der Waals surface area contributed by atoms with Gasteiger partial charge in [0.15, 0.2) is 0 Å². The standard InChI is InChI=1S/C16H25NO/c1-13-9-6-4-2-3-5-7-10-14-11-8-12-15(17-14)16(13)18/h8,11-13,16,18H,2-7,9-10H2,1H3. The SMILES string of the molecule is CC1CCCCCCCCc2cccc(n2)C1O. The molecule has 0 aromatic carbocycles. The van der Waals surface area contributed by atoms with Crippen LogP contribution in [0.1, 0.15) is 69.4 Å². The molecular formula is C16H25NO. The van der Waals surface area contributed by atoms with Crippen LogP contribution in [-0.4, -0.2) is 10.1 Å². The van der Waals surface area contributed by atoms with E-state index >= 15 is 0 Å². The predicted molar refractivity (Wildman–Crippen MR) is 74.4 cm³/mol. The number of aliphatic hydroxyl groups excluding tert-OH is 1. The van der Waals surface area contributed by atoms with Crippen LogP contribution in [0.5, 0.6) is 0 Å². The molecule has 0 radical (unpaired) electrons. The summed E-state index contributed by atoms with van der Waals surface area (Å²) in [6.45, 7) is 2.14. The minimum atomic E-state index is -0.397. The lowest BCUT2D eigenvalue weighted by Crippen LogP contribution is -2.11. The predicted octanol–water partition coefficient (Wildman–Crippen LogP) is 4.04. The Kier molecular flexibility index (Phi) is 5.18. The zero-order valence-electron chi connectivity index (χ0n) is 11.4. The van der Waals surface area contributed by atoms with Crippen LogP contribution in [0.25, 0.3) is 0 Å². The Morgan fingerprint density at radius 3 is 2.61 bits per heavy atom. The largest absolute Gasteiger partial charge is 0.387 e. The second-order valence-corrected chi connectivity index (χ2v) is 5.64. The highest BCUT2D eigenvalue weighted by atomic mass is 16.3. The van der Waals surface area contributed by atoms with Gasteiger partial charge in [0.2, 0.25) is 0 Å². The smallest absolute Gasteiger partial charge is 0.0985 e. The molecule has 100 valence electrons. The van der Waals surface area contributed by atoms with Crippen molar-refractivity contribution in [3.63, 3.8) is 0 Å². The Balaban J connectivity index is 2.11. The molecule has 1 aliphatic heterocycles. The number of nitrogens with zero attached hydrogens (tertiary/aromatic N) is 1. The molecule has 0 aliphatic carbocycles. The van der Waals surface area contributed by atoms with E-state index in [0.29, 0.717) is 5.92 Å². The van der Waals surface area contributed by atoms with Gasteiger partial charge in [0.25, 0.3) is 0 Å². The Morgan fingerprint density at radius 2 is 1.78 bits per heavy atom. The van der Waals surface area contributed by atoms with E-state index in [1.165, 1.54) is 38.5 Å². The summed E-state index contributed by atoms with van der Waals surface area (Å²) in [6.07, 6.45) is 9.52. The molecule has 0 saturated carbocycles. The monoisotopic (exact) mass is 247 g/mol. The molecule has 1 N–H and O–H groups in total. The normalized spacial score (nSPS) is 26.8. The summed E-state index contributed by atoms with van der Waals surface area (Å²) in [5.41, 5.74) is 2.00. The summed E-state index contributed by atoms with van der Waals surface area (Å²) in [7, 11) is 0. The van der Waals surface area contributed by atoms with Gasteiger partial charge in [-0.2, -0.15) is 0 Å². The van der Waals surface area contributed by atoms with Crippen LogP contribution < -0.4 is 0 Å². The van der Waals surface area contributed by atoms with Gasteiger partial charge in [-0.15, -0.1) is 0 Å². The summed E-state index contributed by atoms with van der Waals surface area (Å²) in [5.74, 6) is 0.313. The lowest BCUT2D eigenvalue weighted by Gasteiger charge is -2.18. The van der Waals surface area contributed by atoms with Crippen LogP contribution in [0.4, 0.5) is 0 Å². The topological polar surface area (TPSA) is 33.1 Å². The summed E-state index contributed by atoms with van der Waals surface area (Å²) in [5, 5.41) is 10.3. The first kappa shape index (κ1) is 13.5. The number of aliphatic hydroxyl groups is 1. The van der Waals surface area contributed by atoms with Crippen LogP contribution >= 0.6 is 0 Å². The highest BCUT2D eigenvalue weighted by Gasteiger charge is 2.17. The van der Waals surface area contributed by atoms with Crippen molar-refractivity contribution in [3.05, 3.63) is 29.6 Å². The van der Waals surface area contributed by atoms with Crippen LogP contribution in [0.2, 0.25) is 0 Å². The molecule has 2 rings (SSSR count). The molecule has 2 unspecified atom stereocenters. The molecule has 0 fully saturated rings. The Morgan fingerprint density at radius 1 is 1.06 bits per heavy atom. The van der Waals surface area contributed by atoms with Crippen molar-refractivity contribution in [1.82, 2.24) is 4.98 Å². The molecule has 1 aliphatic rings. The Bertz CT molecular complexity index is 364. The second-order valence-electron chi connectivity index (χ2n) is 5.64. The van der Waals surface area contributed by atoms with Crippen molar-refractivity contribution in [1.29, 1.82) is 0 Å². The van der Waals surface area contributed by atoms with Gasteiger partial charge in [0.05, 0.1) is 11.8 Å².